The second-order valence-electron chi connectivity index (χ2n) is 25.8. The van der Waals surface area contributed by atoms with Crippen LogP contribution in [0.2, 0.25) is 0 Å². The summed E-state index contributed by atoms with van der Waals surface area (Å²) < 4.78 is 13.4. The number of aromatic nitrogens is 2. The second kappa shape index (κ2) is 34.6. The lowest BCUT2D eigenvalue weighted by atomic mass is 9.70. The number of benzene rings is 10. The van der Waals surface area contributed by atoms with Crippen molar-refractivity contribution < 1.29 is 29.3 Å². The van der Waals surface area contributed by atoms with E-state index in [4.69, 9.17) is 19.6 Å². The van der Waals surface area contributed by atoms with Crippen LogP contribution < -0.4 is 14.8 Å². The predicted molar refractivity (Wildman–Crippen MR) is 417 cm³/mol. The van der Waals surface area contributed by atoms with Gasteiger partial charge in [-0.05, 0) is 225 Å². The molecule has 12 aromatic rings. The van der Waals surface area contributed by atoms with E-state index in [1.165, 1.54) is 55.1 Å². The van der Waals surface area contributed by atoms with E-state index in [0.717, 1.165) is 145 Å². The molecule has 0 saturated heterocycles. The van der Waals surface area contributed by atoms with E-state index >= 15 is 0 Å². The van der Waals surface area contributed by atoms with Crippen molar-refractivity contribution in [3.63, 3.8) is 0 Å². The molecule has 0 spiro atoms. The Bertz CT molecular complexity index is 4770. The monoisotopic (exact) mass is 1440 g/mol. The smallest absolute Gasteiger partial charge is 0.217 e. The quantitative estimate of drug-likeness (QED) is 0.0630. The summed E-state index contributed by atoms with van der Waals surface area (Å²) >= 11 is 7.12. The van der Waals surface area contributed by atoms with Crippen LogP contribution in [0.1, 0.15) is 108 Å². The summed E-state index contributed by atoms with van der Waals surface area (Å²) in [6, 6.07) is 68.9. The number of halogens is 2. The third-order valence-electron chi connectivity index (χ3n) is 18.6. The number of ketones is 2. The van der Waals surface area contributed by atoms with Crippen molar-refractivity contribution in [2.75, 3.05) is 76.7 Å². The molecule has 99 heavy (non-hydrogen) atoms. The Hall–Kier alpha value is -8.44. The van der Waals surface area contributed by atoms with Crippen molar-refractivity contribution in [2.24, 2.45) is 0 Å². The fraction of sp³-hybridized carbons (Fsp3) is 0.271. The van der Waals surface area contributed by atoms with Crippen LogP contribution in [0, 0.1) is 0 Å². The number of carbonyl (C=O) groups excluding carboxylic acids is 2. The summed E-state index contributed by atoms with van der Waals surface area (Å²) in [7, 11) is 16.2. The Morgan fingerprint density at radius 3 is 1.48 bits per heavy atom. The van der Waals surface area contributed by atoms with Crippen LogP contribution >= 0.6 is 31.9 Å². The molecule has 2 aromatic heterocycles. The maximum absolute atomic E-state index is 13.2. The maximum Gasteiger partial charge on any atom is 0.217 e. The first-order chi connectivity index (χ1) is 47.5. The lowest BCUT2D eigenvalue weighted by Crippen LogP contribution is -2.38. The highest BCUT2D eigenvalue weighted by Crippen LogP contribution is 2.50. The van der Waals surface area contributed by atoms with Crippen molar-refractivity contribution in [3.8, 4) is 11.8 Å². The van der Waals surface area contributed by atoms with Crippen LogP contribution in [0.15, 0.2) is 209 Å². The van der Waals surface area contributed by atoms with Gasteiger partial charge in [-0.25, -0.2) is 9.97 Å². The molecule has 3 aliphatic rings. The van der Waals surface area contributed by atoms with E-state index < -0.39 is 11.5 Å². The van der Waals surface area contributed by atoms with Gasteiger partial charge >= 0.3 is 0 Å². The van der Waals surface area contributed by atoms with Crippen LogP contribution in [0.5, 0.6) is 11.8 Å². The summed E-state index contributed by atoms with van der Waals surface area (Å²) in [6.45, 7) is 3.17. The van der Waals surface area contributed by atoms with Gasteiger partial charge in [0.2, 0.25) is 11.8 Å². The number of ether oxygens (including phenoxy) is 2. The normalized spacial score (nSPS) is 13.0. The fourth-order valence-electron chi connectivity index (χ4n) is 14.1. The molecule has 0 fully saturated rings. The number of nitrogens with one attached hydrogen (secondary N) is 1. The van der Waals surface area contributed by atoms with Gasteiger partial charge in [-0.15, -0.1) is 0 Å². The summed E-state index contributed by atoms with van der Waals surface area (Å²) in [4.78, 5) is 37.6. The number of Topliss-reactive ketones (excluding diaryl/α,β-unsaturated/α-hetero) is 2. The van der Waals surface area contributed by atoms with Gasteiger partial charge < -0.3 is 34.8 Å². The van der Waals surface area contributed by atoms with Crippen LogP contribution in [0.3, 0.4) is 0 Å². The Morgan fingerprint density at radius 2 is 0.980 bits per heavy atom. The van der Waals surface area contributed by atoms with E-state index in [1.807, 2.05) is 101 Å². The van der Waals surface area contributed by atoms with E-state index in [2.05, 4.69) is 193 Å². The Kier molecular flexibility index (Phi) is 26.1. The molecule has 0 amide bonds. The number of rotatable bonds is 16. The zero-order chi connectivity index (χ0) is 69.6. The molecule has 0 bridgehead atoms. The molecule has 3 aliphatic carbocycles. The van der Waals surface area contributed by atoms with Crippen molar-refractivity contribution in [2.45, 2.75) is 76.2 Å². The van der Waals surface area contributed by atoms with Crippen molar-refractivity contribution in [3.05, 3.63) is 281 Å². The molecular formula is C85H89BBr2N5O6. The molecule has 0 saturated carbocycles. The summed E-state index contributed by atoms with van der Waals surface area (Å²) in [6.07, 6.45) is 8.51. The van der Waals surface area contributed by atoms with Crippen LogP contribution in [-0.2, 0) is 50.5 Å². The van der Waals surface area contributed by atoms with E-state index in [9.17, 15) is 14.7 Å². The SMILES string of the molecule is CC(=O)c1ccc2c3c(cccc13)CC2.CN(C)CCC(=O)c1ccc2c3c(cccc13)CC2.CNC.CO.COc1nc2ccc(Br)cc2cc1C(c1ccccc1)C(O)(CCN(C)C)c1ccc2c3c(cccc13)CC2.COc1nc2ccc(Br)cc2cc1Cc1ccccc1.[B]. The number of hydrogen-bond acceptors (Lipinski definition) is 11. The van der Waals surface area contributed by atoms with E-state index in [1.54, 1.807) is 21.1 Å². The molecule has 507 valence electrons. The molecule has 2 atom stereocenters. The molecule has 10 aromatic carbocycles. The minimum atomic E-state index is -1.24. The lowest BCUT2D eigenvalue weighted by molar-refractivity contribution is 0.00519. The lowest BCUT2D eigenvalue weighted by Gasteiger charge is -2.39. The number of carbonyl (C=O) groups is 2. The molecule has 14 heteroatoms. The molecule has 15 rings (SSSR count). The molecule has 11 nitrogen and oxygen atoms in total. The molecule has 2 heterocycles. The highest BCUT2D eigenvalue weighted by molar-refractivity contribution is 9.10. The van der Waals surface area contributed by atoms with Gasteiger partial charge in [0.15, 0.2) is 11.6 Å². The van der Waals surface area contributed by atoms with Gasteiger partial charge in [0.05, 0.1) is 25.3 Å². The number of pyridine rings is 2. The van der Waals surface area contributed by atoms with Gasteiger partial charge in [-0.3, -0.25) is 9.59 Å². The van der Waals surface area contributed by atoms with Gasteiger partial charge in [0, 0.05) is 89.3 Å². The van der Waals surface area contributed by atoms with Gasteiger partial charge in [-0.2, -0.15) is 0 Å². The molecule has 2 unspecified atom stereocenters. The highest BCUT2D eigenvalue weighted by atomic mass is 79.9. The minimum absolute atomic E-state index is 0. The zero-order valence-electron chi connectivity index (χ0n) is 58.6. The topological polar surface area (TPSA) is 137 Å². The van der Waals surface area contributed by atoms with Gasteiger partial charge in [0.1, 0.15) is 5.60 Å². The molecule has 3 radical (unpaired) electrons. The standard InChI is InChI=1S/C34H33BrN2O2.C17H14BrNO.C17H19NO.C14H12O.C2H7N.CH4O.B/c1-37(2)19-18-34(38,29-16-14-23-13-12-22-10-7-11-27(29)31(22)23)32(24-8-5-4-6-9-24)28-21-25-20-26(35)15-17-30(25)36-33(28)39-3;1-20-17-14(9-12-5-3-2-4-6-12)10-13-11-15(18)7-8-16(13)19-17;1-18(2)11-10-16(19)14-9-8-13-7-6-12-4-3-5-15(14)17(12)13;1-9(15)12-8-7-11-6-5-10-3-2-4-13(12)14(10)11;1-3-2;1-2;/h4-11,14-17,20-21,32,38H,12-13,18-19H2,1-3H3;2-8,10-11H,9H2,1H3;3-5,8-9H,6-7,10-11H2,1-2H3;2-4,7-8H,5-6H2,1H3;3H,1-2H3;2H,1H3;. The average molecular weight is 1450 g/mol. The van der Waals surface area contributed by atoms with Gasteiger partial charge in [0.25, 0.3) is 0 Å². The summed E-state index contributed by atoms with van der Waals surface area (Å²) in [5, 5.41) is 32.5. The third-order valence-corrected chi connectivity index (χ3v) is 19.6. The Labute approximate surface area is 602 Å². The van der Waals surface area contributed by atoms with Crippen LogP contribution in [0.25, 0.3) is 54.1 Å². The number of aryl methyl sites for hydroxylation is 6. The zero-order valence-corrected chi connectivity index (χ0v) is 61.7. The van der Waals surface area contributed by atoms with Crippen molar-refractivity contribution in [1.29, 1.82) is 0 Å². The first kappa shape index (κ1) is 74.8. The molecule has 3 N–H and O–H groups in total. The Balaban J connectivity index is 0.000000161. The number of methoxy groups -OCH3 is 2. The summed E-state index contributed by atoms with van der Waals surface area (Å²) in [5.41, 5.74) is 15.8. The largest absolute Gasteiger partial charge is 0.481 e. The number of hydrogen-bond donors (Lipinski definition) is 3. The van der Waals surface area contributed by atoms with Crippen LogP contribution in [0.4, 0.5) is 0 Å². The first-order valence-corrected chi connectivity index (χ1v) is 35.2. The van der Waals surface area contributed by atoms with Gasteiger partial charge in [-0.1, -0.05) is 184 Å². The third kappa shape index (κ3) is 17.1. The number of aliphatic hydroxyl groups is 2. The second-order valence-corrected chi connectivity index (χ2v) is 27.6. The summed E-state index contributed by atoms with van der Waals surface area (Å²) in [5.74, 6) is 1.23. The first-order valence-electron chi connectivity index (χ1n) is 33.6. The van der Waals surface area contributed by atoms with E-state index in [0.29, 0.717) is 24.6 Å². The predicted octanol–water partition coefficient (Wildman–Crippen LogP) is 17.1. The van der Waals surface area contributed by atoms with Crippen molar-refractivity contribution in [1.82, 2.24) is 25.1 Å². The van der Waals surface area contributed by atoms with E-state index in [-0.39, 0.29) is 20.0 Å². The number of nitrogens with zero attached hydrogens (tertiary/aromatic N) is 4. The highest BCUT2D eigenvalue weighted by Gasteiger charge is 2.44. The van der Waals surface area contributed by atoms with Crippen LogP contribution in [-0.4, -0.2) is 127 Å². The molecule has 0 aliphatic heterocycles. The molecular weight excluding hydrogens is 1360 g/mol. The average Bonchev–Trinajstić information content (AvgIpc) is 1.69. The maximum atomic E-state index is 13.2. The Morgan fingerprint density at radius 1 is 0.535 bits per heavy atom. The number of aliphatic hydroxyl groups excluding tert-OH is 1. The fourth-order valence-corrected chi connectivity index (χ4v) is 14.9. The van der Waals surface area contributed by atoms with Crippen molar-refractivity contribution >= 4 is 106 Å². The minimum Gasteiger partial charge on any atom is -0.481 e. The number of fused-ring (bicyclic) bond motifs is 2.